The second-order valence-corrected chi connectivity index (χ2v) is 5.70. The Kier molecular flexibility index (Phi) is 3.92. The predicted molar refractivity (Wildman–Crippen MR) is 79.9 cm³/mol. The molecule has 3 rings (SSSR count). The van der Waals surface area contributed by atoms with E-state index >= 15 is 0 Å². The fourth-order valence-corrected chi connectivity index (χ4v) is 3.36. The average Bonchev–Trinajstić information content (AvgIpc) is 2.48. The van der Waals surface area contributed by atoms with Gasteiger partial charge < -0.3 is 20.4 Å². The summed E-state index contributed by atoms with van der Waals surface area (Å²) in [4.78, 5) is 2.35. The maximum atomic E-state index is 8.15. The van der Waals surface area contributed by atoms with E-state index in [0.717, 1.165) is 44.9 Å². The number of rotatable bonds is 1. The molecule has 0 saturated carbocycles. The summed E-state index contributed by atoms with van der Waals surface area (Å²) in [5.41, 5.74) is 4.66. The minimum atomic E-state index is 0.0999. The highest BCUT2D eigenvalue weighted by Gasteiger charge is 2.34. The Morgan fingerprint density at radius 1 is 1.40 bits per heavy atom. The van der Waals surface area contributed by atoms with Crippen LogP contribution in [-0.4, -0.2) is 55.7 Å². The van der Waals surface area contributed by atoms with Crippen LogP contribution < -0.4 is 10.6 Å². The molecule has 0 amide bonds. The Labute approximate surface area is 120 Å². The molecular weight excluding hydrogens is 252 g/mol. The molecule has 3 heterocycles. The summed E-state index contributed by atoms with van der Waals surface area (Å²) in [6.45, 7) is 8.49. The third-order valence-electron chi connectivity index (χ3n) is 4.58. The number of ether oxygens (including phenoxy) is 1. The van der Waals surface area contributed by atoms with Crippen molar-refractivity contribution in [3.63, 3.8) is 0 Å². The molecule has 2 unspecified atom stereocenters. The van der Waals surface area contributed by atoms with Gasteiger partial charge in [-0.1, -0.05) is 6.08 Å². The van der Waals surface area contributed by atoms with E-state index < -0.39 is 0 Å². The van der Waals surface area contributed by atoms with Gasteiger partial charge in [0, 0.05) is 25.3 Å². The van der Waals surface area contributed by atoms with Crippen molar-refractivity contribution in [2.45, 2.75) is 32.5 Å². The highest BCUT2D eigenvalue weighted by atomic mass is 16.5. The molecule has 0 bridgehead atoms. The van der Waals surface area contributed by atoms with Gasteiger partial charge in [-0.05, 0) is 31.4 Å². The number of hydrogen-bond acceptors (Lipinski definition) is 5. The fourth-order valence-electron chi connectivity index (χ4n) is 3.36. The minimum absolute atomic E-state index is 0.0999. The van der Waals surface area contributed by atoms with Crippen LogP contribution in [0, 0.1) is 5.41 Å². The first-order valence-electron chi connectivity index (χ1n) is 7.46. The normalized spacial score (nSPS) is 33.6. The van der Waals surface area contributed by atoms with E-state index in [9.17, 15) is 0 Å². The molecule has 0 aliphatic carbocycles. The van der Waals surface area contributed by atoms with Crippen molar-refractivity contribution in [2.75, 3.05) is 32.8 Å². The van der Waals surface area contributed by atoms with Gasteiger partial charge in [-0.15, -0.1) is 0 Å². The molecule has 3 aliphatic heterocycles. The Morgan fingerprint density at radius 2 is 2.25 bits per heavy atom. The Bertz CT molecular complexity index is 468. The number of nitrogens with zero attached hydrogens (tertiary/aromatic N) is 1. The molecule has 3 N–H and O–H groups in total. The molecule has 5 nitrogen and oxygen atoms in total. The van der Waals surface area contributed by atoms with Crippen LogP contribution in [-0.2, 0) is 4.74 Å². The van der Waals surface area contributed by atoms with Crippen molar-refractivity contribution in [1.29, 1.82) is 5.41 Å². The third-order valence-corrected chi connectivity index (χ3v) is 4.58. The molecule has 0 radical (unpaired) electrons. The van der Waals surface area contributed by atoms with Crippen molar-refractivity contribution < 1.29 is 4.74 Å². The summed E-state index contributed by atoms with van der Waals surface area (Å²) in [6.07, 6.45) is 3.15. The topological polar surface area (TPSA) is 60.4 Å². The van der Waals surface area contributed by atoms with Gasteiger partial charge in [0.2, 0.25) is 0 Å². The summed E-state index contributed by atoms with van der Waals surface area (Å²) in [5.74, 6) is 0. The first-order chi connectivity index (χ1) is 9.70. The quantitative estimate of drug-likeness (QED) is 0.664. The minimum Gasteiger partial charge on any atom is -0.368 e. The maximum Gasteiger partial charge on any atom is 0.127 e. The molecule has 20 heavy (non-hydrogen) atoms. The molecule has 2 atom stereocenters. The molecule has 2 saturated heterocycles. The van der Waals surface area contributed by atoms with Crippen molar-refractivity contribution >= 4 is 5.71 Å². The molecule has 3 aliphatic rings. The van der Waals surface area contributed by atoms with Gasteiger partial charge in [-0.25, -0.2) is 0 Å². The number of likely N-dealkylation sites (tertiary alicyclic amines) is 1. The average molecular weight is 276 g/mol. The predicted octanol–water partition coefficient (Wildman–Crippen LogP) is 0.850. The van der Waals surface area contributed by atoms with E-state index in [1.807, 2.05) is 6.92 Å². The fraction of sp³-hybridized carbons (Fsp3) is 0.667. The lowest BCUT2D eigenvalue weighted by Gasteiger charge is -2.43. The van der Waals surface area contributed by atoms with Crippen LogP contribution in [0.15, 0.2) is 22.9 Å². The molecular formula is C15H24N4O. The number of fused-ring (bicyclic) bond motifs is 1. The smallest absolute Gasteiger partial charge is 0.127 e. The second-order valence-electron chi connectivity index (χ2n) is 5.70. The largest absolute Gasteiger partial charge is 0.368 e. The van der Waals surface area contributed by atoms with Gasteiger partial charge in [0.05, 0.1) is 24.9 Å². The van der Waals surface area contributed by atoms with E-state index in [1.165, 1.54) is 16.8 Å². The van der Waals surface area contributed by atoms with Crippen LogP contribution in [0.5, 0.6) is 0 Å². The van der Waals surface area contributed by atoms with Crippen LogP contribution >= 0.6 is 0 Å². The first-order valence-corrected chi connectivity index (χ1v) is 7.46. The molecule has 0 aromatic carbocycles. The SMILES string of the molecule is C/C=C1/CCN(C2=C(C)C3NCCOC3NC2)CC1=N. The summed E-state index contributed by atoms with van der Waals surface area (Å²) in [7, 11) is 0. The maximum absolute atomic E-state index is 8.15. The van der Waals surface area contributed by atoms with Crippen molar-refractivity contribution in [3.05, 3.63) is 22.9 Å². The van der Waals surface area contributed by atoms with Gasteiger partial charge in [-0.2, -0.15) is 0 Å². The lowest BCUT2D eigenvalue weighted by molar-refractivity contribution is -0.0202. The standard InChI is InChI=1S/C15H24N4O/c1-3-11-4-6-19(9-12(11)16)13-8-18-15-14(10(13)2)17-5-7-20-15/h3,14-18H,4-9H2,1-2H3/b11-3-,16-12?. The zero-order valence-electron chi connectivity index (χ0n) is 12.3. The Balaban J connectivity index is 1.78. The van der Waals surface area contributed by atoms with E-state index in [4.69, 9.17) is 10.1 Å². The zero-order valence-corrected chi connectivity index (χ0v) is 12.3. The van der Waals surface area contributed by atoms with Crippen LogP contribution in [0.3, 0.4) is 0 Å². The number of allylic oxidation sites excluding steroid dienone is 1. The van der Waals surface area contributed by atoms with Crippen LogP contribution in [0.2, 0.25) is 0 Å². The summed E-state index contributed by atoms with van der Waals surface area (Å²) < 4.78 is 5.77. The number of hydrogen-bond donors (Lipinski definition) is 3. The highest BCUT2D eigenvalue weighted by Crippen LogP contribution is 2.25. The molecule has 0 aromatic rings. The first kappa shape index (κ1) is 13.8. The van der Waals surface area contributed by atoms with Crippen LogP contribution in [0.4, 0.5) is 0 Å². The summed E-state index contributed by atoms with van der Waals surface area (Å²) >= 11 is 0. The van der Waals surface area contributed by atoms with Gasteiger partial charge in [0.1, 0.15) is 6.23 Å². The molecule has 0 spiro atoms. The monoisotopic (exact) mass is 276 g/mol. The van der Waals surface area contributed by atoms with Gasteiger partial charge in [-0.3, -0.25) is 5.32 Å². The van der Waals surface area contributed by atoms with Crippen molar-refractivity contribution in [1.82, 2.24) is 15.5 Å². The summed E-state index contributed by atoms with van der Waals surface area (Å²) in [6, 6.07) is 0.268. The third kappa shape index (κ3) is 2.41. The number of piperidine rings is 1. The molecule has 5 heteroatoms. The highest BCUT2D eigenvalue weighted by molar-refractivity contribution is 6.00. The van der Waals surface area contributed by atoms with Gasteiger partial charge in [0.15, 0.2) is 0 Å². The van der Waals surface area contributed by atoms with E-state index in [2.05, 4.69) is 28.5 Å². The Morgan fingerprint density at radius 3 is 3.00 bits per heavy atom. The molecule has 0 aromatic heterocycles. The lowest BCUT2D eigenvalue weighted by Crippen LogP contribution is -2.60. The van der Waals surface area contributed by atoms with Gasteiger partial charge in [0.25, 0.3) is 0 Å². The molecule has 2 fully saturated rings. The van der Waals surface area contributed by atoms with Gasteiger partial charge >= 0.3 is 0 Å². The zero-order chi connectivity index (χ0) is 14.1. The number of morpholine rings is 1. The summed E-state index contributed by atoms with van der Waals surface area (Å²) in [5, 5.41) is 15.2. The van der Waals surface area contributed by atoms with Crippen molar-refractivity contribution in [2.24, 2.45) is 0 Å². The lowest BCUT2D eigenvalue weighted by atomic mass is 9.96. The van der Waals surface area contributed by atoms with E-state index in [0.29, 0.717) is 0 Å². The van der Waals surface area contributed by atoms with E-state index in [-0.39, 0.29) is 12.3 Å². The van der Waals surface area contributed by atoms with Crippen molar-refractivity contribution in [3.8, 4) is 0 Å². The van der Waals surface area contributed by atoms with E-state index in [1.54, 1.807) is 0 Å². The van der Waals surface area contributed by atoms with Crippen LogP contribution in [0.25, 0.3) is 0 Å². The number of nitrogens with one attached hydrogen (secondary N) is 3. The molecule has 110 valence electrons. The second kappa shape index (κ2) is 5.68. The van der Waals surface area contributed by atoms with Crippen LogP contribution in [0.1, 0.15) is 20.3 Å². The Hall–Kier alpha value is -1.17.